The van der Waals surface area contributed by atoms with Gasteiger partial charge in [-0.25, -0.2) is 0 Å². The van der Waals surface area contributed by atoms with E-state index in [1.165, 1.54) is 31.0 Å². The van der Waals surface area contributed by atoms with Crippen molar-refractivity contribution < 1.29 is 9.90 Å². The second-order valence-corrected chi connectivity index (χ2v) is 5.12. The van der Waals surface area contributed by atoms with Crippen LogP contribution in [0.3, 0.4) is 0 Å². The average Bonchev–Trinajstić information content (AvgIpc) is 3.05. The summed E-state index contributed by atoms with van der Waals surface area (Å²) in [5.74, 6) is 0.596. The second-order valence-electron chi connectivity index (χ2n) is 4.72. The van der Waals surface area contributed by atoms with Crippen molar-refractivity contribution in [3.05, 3.63) is 28.8 Å². The lowest BCUT2D eigenvalue weighted by Crippen LogP contribution is -2.33. The Labute approximate surface area is 106 Å². The van der Waals surface area contributed by atoms with Gasteiger partial charge in [0.25, 0.3) is 5.91 Å². The number of halogens is 1. The van der Waals surface area contributed by atoms with E-state index in [2.05, 4.69) is 5.32 Å². The van der Waals surface area contributed by atoms with Gasteiger partial charge in [-0.1, -0.05) is 24.4 Å². The molecule has 0 bridgehead atoms. The molecular weight excluding hydrogens is 238 g/mol. The van der Waals surface area contributed by atoms with Crippen LogP contribution in [0, 0.1) is 5.92 Å². The molecule has 1 fully saturated rings. The van der Waals surface area contributed by atoms with Crippen LogP contribution in [-0.4, -0.2) is 17.1 Å². The zero-order chi connectivity index (χ0) is 12.4. The van der Waals surface area contributed by atoms with E-state index >= 15 is 0 Å². The first-order chi connectivity index (χ1) is 8.06. The first-order valence-electron chi connectivity index (χ1n) is 5.85. The first kappa shape index (κ1) is 12.2. The zero-order valence-electron chi connectivity index (χ0n) is 9.74. The molecule has 4 heteroatoms. The molecule has 92 valence electrons. The number of carbonyl (C=O) groups is 1. The fourth-order valence-electron chi connectivity index (χ4n) is 1.90. The molecule has 2 N–H and O–H groups in total. The zero-order valence-corrected chi connectivity index (χ0v) is 10.5. The van der Waals surface area contributed by atoms with Gasteiger partial charge in [0.1, 0.15) is 5.75 Å². The van der Waals surface area contributed by atoms with E-state index in [1.807, 2.05) is 6.92 Å². The molecular formula is C13H16ClNO2. The largest absolute Gasteiger partial charge is 0.508 e. The summed E-state index contributed by atoms with van der Waals surface area (Å²) >= 11 is 5.92. The molecule has 0 aliphatic heterocycles. The Morgan fingerprint density at radius 2 is 2.29 bits per heavy atom. The maximum atomic E-state index is 11.9. The molecule has 1 aliphatic rings. The highest BCUT2D eigenvalue weighted by atomic mass is 35.5. The number of nitrogens with one attached hydrogen (secondary N) is 1. The average molecular weight is 254 g/mol. The van der Waals surface area contributed by atoms with Crippen molar-refractivity contribution >= 4 is 17.5 Å². The van der Waals surface area contributed by atoms with Gasteiger partial charge in [-0.15, -0.1) is 0 Å². The normalized spacial score (nSPS) is 16.6. The third-order valence-corrected chi connectivity index (χ3v) is 3.29. The lowest BCUT2D eigenvalue weighted by molar-refractivity contribution is 0.0937. The van der Waals surface area contributed by atoms with Gasteiger partial charge in [-0.3, -0.25) is 4.79 Å². The van der Waals surface area contributed by atoms with Crippen molar-refractivity contribution in [1.29, 1.82) is 0 Å². The van der Waals surface area contributed by atoms with Gasteiger partial charge < -0.3 is 10.4 Å². The van der Waals surface area contributed by atoms with Crippen molar-refractivity contribution in [2.75, 3.05) is 0 Å². The number of benzene rings is 1. The summed E-state index contributed by atoms with van der Waals surface area (Å²) in [6, 6.07) is 4.53. The van der Waals surface area contributed by atoms with Crippen molar-refractivity contribution in [3.8, 4) is 5.75 Å². The van der Waals surface area contributed by atoms with Gasteiger partial charge in [0.15, 0.2) is 0 Å². The smallest absolute Gasteiger partial charge is 0.253 e. The van der Waals surface area contributed by atoms with E-state index in [1.54, 1.807) is 0 Å². The van der Waals surface area contributed by atoms with Gasteiger partial charge in [-0.05, 0) is 37.5 Å². The number of aromatic hydroxyl groups is 1. The van der Waals surface area contributed by atoms with Gasteiger partial charge >= 0.3 is 0 Å². The fraction of sp³-hybridized carbons (Fsp3) is 0.462. The summed E-state index contributed by atoms with van der Waals surface area (Å²) < 4.78 is 0. The van der Waals surface area contributed by atoms with Gasteiger partial charge in [0, 0.05) is 6.04 Å². The molecule has 1 amide bonds. The molecule has 3 nitrogen and oxygen atoms in total. The van der Waals surface area contributed by atoms with Crippen LogP contribution in [0.5, 0.6) is 5.75 Å². The Morgan fingerprint density at radius 1 is 1.59 bits per heavy atom. The van der Waals surface area contributed by atoms with E-state index in [4.69, 9.17) is 11.6 Å². The second kappa shape index (κ2) is 4.96. The molecule has 0 aromatic heterocycles. The van der Waals surface area contributed by atoms with E-state index in [-0.39, 0.29) is 17.7 Å². The Kier molecular flexibility index (Phi) is 3.57. The Hall–Kier alpha value is -1.22. The minimum atomic E-state index is -0.223. The minimum absolute atomic E-state index is 0.0504. The predicted molar refractivity (Wildman–Crippen MR) is 67.4 cm³/mol. The minimum Gasteiger partial charge on any atom is -0.508 e. The number of rotatable bonds is 4. The lowest BCUT2D eigenvalue weighted by atomic mass is 10.1. The third-order valence-electron chi connectivity index (χ3n) is 2.96. The van der Waals surface area contributed by atoms with E-state index in [0.29, 0.717) is 10.6 Å². The number of hydrogen-bond donors (Lipinski definition) is 2. The molecule has 1 aliphatic carbocycles. The first-order valence-corrected chi connectivity index (χ1v) is 6.23. The van der Waals surface area contributed by atoms with Crippen LogP contribution in [0.15, 0.2) is 18.2 Å². The summed E-state index contributed by atoms with van der Waals surface area (Å²) in [5.41, 5.74) is 0.328. The maximum absolute atomic E-state index is 11.9. The number of phenolic OH excluding ortho intramolecular Hbond substituents is 1. The number of amides is 1. The molecule has 1 aromatic rings. The number of phenols is 1. The SMILES string of the molecule is CC(CC1CC1)NC(=O)c1cc(O)ccc1Cl. The highest BCUT2D eigenvalue weighted by molar-refractivity contribution is 6.33. The van der Waals surface area contributed by atoms with Crippen molar-refractivity contribution in [2.45, 2.75) is 32.2 Å². The number of hydrogen-bond acceptors (Lipinski definition) is 2. The molecule has 17 heavy (non-hydrogen) atoms. The summed E-state index contributed by atoms with van der Waals surface area (Å²) in [5, 5.41) is 12.6. The van der Waals surface area contributed by atoms with Crippen LogP contribution < -0.4 is 5.32 Å². The maximum Gasteiger partial charge on any atom is 0.253 e. The molecule has 1 aromatic carbocycles. The molecule has 1 unspecified atom stereocenters. The molecule has 1 atom stereocenters. The molecule has 1 saturated carbocycles. The quantitative estimate of drug-likeness (QED) is 0.867. The lowest BCUT2D eigenvalue weighted by Gasteiger charge is -2.14. The van der Waals surface area contributed by atoms with Crippen LogP contribution in [0.1, 0.15) is 36.5 Å². The highest BCUT2D eigenvalue weighted by Gasteiger charge is 2.24. The van der Waals surface area contributed by atoms with Gasteiger partial charge in [0.05, 0.1) is 10.6 Å². The van der Waals surface area contributed by atoms with Crippen LogP contribution >= 0.6 is 11.6 Å². The standard InChI is InChI=1S/C13H16ClNO2/c1-8(6-9-2-3-9)15-13(17)11-7-10(16)4-5-12(11)14/h4-5,7-9,16H,2-3,6H2,1H3,(H,15,17). The van der Waals surface area contributed by atoms with Crippen LogP contribution in [0.4, 0.5) is 0 Å². The molecule has 0 heterocycles. The Morgan fingerprint density at radius 3 is 2.94 bits per heavy atom. The summed E-state index contributed by atoms with van der Waals surface area (Å²) in [7, 11) is 0. The summed E-state index contributed by atoms with van der Waals surface area (Å²) in [4.78, 5) is 11.9. The molecule has 2 rings (SSSR count). The van der Waals surface area contributed by atoms with E-state index in [9.17, 15) is 9.90 Å². The fourth-order valence-corrected chi connectivity index (χ4v) is 2.10. The van der Waals surface area contributed by atoms with Crippen LogP contribution in [0.25, 0.3) is 0 Å². The topological polar surface area (TPSA) is 49.3 Å². The third kappa shape index (κ3) is 3.37. The summed E-state index contributed by atoms with van der Waals surface area (Å²) in [6.07, 6.45) is 3.56. The van der Waals surface area contributed by atoms with Crippen LogP contribution in [-0.2, 0) is 0 Å². The Balaban J connectivity index is 2.00. The van der Waals surface area contributed by atoms with Crippen molar-refractivity contribution in [2.24, 2.45) is 5.92 Å². The predicted octanol–water partition coefficient (Wildman–Crippen LogP) is 2.96. The Bertz CT molecular complexity index is 429. The van der Waals surface area contributed by atoms with Crippen LogP contribution in [0.2, 0.25) is 5.02 Å². The monoisotopic (exact) mass is 253 g/mol. The highest BCUT2D eigenvalue weighted by Crippen LogP contribution is 2.33. The molecule has 0 spiro atoms. The van der Waals surface area contributed by atoms with Crippen molar-refractivity contribution in [3.63, 3.8) is 0 Å². The van der Waals surface area contributed by atoms with E-state index < -0.39 is 0 Å². The van der Waals surface area contributed by atoms with Crippen molar-refractivity contribution in [1.82, 2.24) is 5.32 Å². The van der Waals surface area contributed by atoms with Gasteiger partial charge in [0.2, 0.25) is 0 Å². The molecule has 0 radical (unpaired) electrons. The number of carbonyl (C=O) groups excluding carboxylic acids is 1. The molecule has 0 saturated heterocycles. The summed E-state index contributed by atoms with van der Waals surface area (Å²) in [6.45, 7) is 1.99. The van der Waals surface area contributed by atoms with E-state index in [0.717, 1.165) is 12.3 Å². The van der Waals surface area contributed by atoms with Gasteiger partial charge in [-0.2, -0.15) is 0 Å².